The minimum Gasteiger partial charge on any atom is -0.397 e. The largest absolute Gasteiger partial charge is 0.397 e. The number of nitrogens with two attached hydrogens (primary N) is 1. The Kier molecular flexibility index (Phi) is 3.78. The number of nitrogen functional groups attached to an aromatic ring is 1. The van der Waals surface area contributed by atoms with Crippen molar-refractivity contribution in [3.05, 3.63) is 17.7 Å². The van der Waals surface area contributed by atoms with Crippen molar-refractivity contribution in [1.29, 1.82) is 0 Å². The fraction of sp³-hybridized carbons (Fsp3) is 0.462. The molecule has 1 heterocycles. The van der Waals surface area contributed by atoms with Crippen LogP contribution in [0.15, 0.2) is 12.1 Å². The van der Waals surface area contributed by atoms with Crippen LogP contribution in [0.4, 0.5) is 30.2 Å². The monoisotopic (exact) mass is 287 g/mol. The van der Waals surface area contributed by atoms with Crippen molar-refractivity contribution in [3.8, 4) is 0 Å². The molecule has 1 aromatic carbocycles. The highest BCUT2D eigenvalue weighted by molar-refractivity contribution is 5.95. The Hall–Kier alpha value is -1.92. The van der Waals surface area contributed by atoms with Crippen LogP contribution in [0, 0.1) is 0 Å². The Morgan fingerprint density at radius 1 is 1.35 bits per heavy atom. The number of halogens is 3. The van der Waals surface area contributed by atoms with Crippen LogP contribution >= 0.6 is 0 Å². The first-order valence-corrected chi connectivity index (χ1v) is 6.26. The first-order valence-electron chi connectivity index (χ1n) is 6.26. The van der Waals surface area contributed by atoms with Gasteiger partial charge in [-0.15, -0.1) is 0 Å². The summed E-state index contributed by atoms with van der Waals surface area (Å²) in [6.07, 6.45) is -4.12. The predicted molar refractivity (Wildman–Crippen MR) is 71.7 cm³/mol. The summed E-state index contributed by atoms with van der Waals surface area (Å²) in [4.78, 5) is 12.8. The molecule has 110 valence electrons. The third kappa shape index (κ3) is 3.34. The Morgan fingerprint density at radius 3 is 2.70 bits per heavy atom. The van der Waals surface area contributed by atoms with Gasteiger partial charge in [0, 0.05) is 25.7 Å². The van der Waals surface area contributed by atoms with Crippen molar-refractivity contribution >= 4 is 23.0 Å². The van der Waals surface area contributed by atoms with E-state index in [1.165, 1.54) is 4.90 Å². The maximum Gasteiger partial charge on any atom is 0.390 e. The topological polar surface area (TPSA) is 58.4 Å². The van der Waals surface area contributed by atoms with Crippen LogP contribution in [0.2, 0.25) is 0 Å². The molecule has 4 nitrogen and oxygen atoms in total. The molecular formula is C13H16F3N3O. The van der Waals surface area contributed by atoms with Gasteiger partial charge in [0.1, 0.15) is 0 Å². The number of carbonyl (C=O) groups is 1. The molecule has 1 amide bonds. The number of alkyl halides is 3. The summed E-state index contributed by atoms with van der Waals surface area (Å²) in [7, 11) is 1.55. The molecule has 0 radical (unpaired) electrons. The number of anilines is 3. The summed E-state index contributed by atoms with van der Waals surface area (Å²) in [6, 6.07) is 3.35. The molecule has 0 fully saturated rings. The van der Waals surface area contributed by atoms with Crippen LogP contribution in [-0.2, 0) is 11.2 Å². The van der Waals surface area contributed by atoms with E-state index in [2.05, 4.69) is 5.32 Å². The number of aryl methyl sites for hydroxylation is 1. The zero-order valence-corrected chi connectivity index (χ0v) is 11.0. The lowest BCUT2D eigenvalue weighted by Gasteiger charge is -2.25. The second kappa shape index (κ2) is 5.22. The molecule has 1 aliphatic rings. The quantitative estimate of drug-likeness (QED) is 0.840. The van der Waals surface area contributed by atoms with Gasteiger partial charge in [-0.25, -0.2) is 0 Å². The van der Waals surface area contributed by atoms with E-state index < -0.39 is 12.6 Å². The summed E-state index contributed by atoms with van der Waals surface area (Å²) in [5.41, 5.74) is 8.34. The maximum absolute atomic E-state index is 12.2. The third-order valence-corrected chi connectivity index (χ3v) is 3.29. The molecule has 20 heavy (non-hydrogen) atoms. The number of hydrogen-bond donors (Lipinski definition) is 2. The Balaban J connectivity index is 2.19. The number of amides is 1. The van der Waals surface area contributed by atoms with Gasteiger partial charge in [0.05, 0.1) is 17.8 Å². The van der Waals surface area contributed by atoms with E-state index >= 15 is 0 Å². The second-order valence-electron chi connectivity index (χ2n) is 4.90. The van der Waals surface area contributed by atoms with Crippen LogP contribution in [0.25, 0.3) is 0 Å². The first kappa shape index (κ1) is 14.5. The molecule has 3 N–H and O–H groups in total. The Bertz CT molecular complexity index is 528. The molecule has 1 aliphatic heterocycles. The smallest absolute Gasteiger partial charge is 0.390 e. The summed E-state index contributed by atoms with van der Waals surface area (Å²) in [5, 5.41) is 2.71. The lowest BCUT2D eigenvalue weighted by molar-refractivity contribution is -0.132. The highest BCUT2D eigenvalue weighted by atomic mass is 19.4. The van der Waals surface area contributed by atoms with Crippen LogP contribution in [-0.4, -0.2) is 25.7 Å². The predicted octanol–water partition coefficient (Wildman–Crippen LogP) is 2.54. The van der Waals surface area contributed by atoms with Crippen molar-refractivity contribution < 1.29 is 18.0 Å². The van der Waals surface area contributed by atoms with Crippen LogP contribution in [0.3, 0.4) is 0 Å². The van der Waals surface area contributed by atoms with E-state index in [0.29, 0.717) is 29.9 Å². The fourth-order valence-corrected chi connectivity index (χ4v) is 2.18. The number of nitrogens with one attached hydrogen (secondary N) is 1. The minimum atomic E-state index is -4.20. The highest BCUT2D eigenvalue weighted by Gasteiger charge is 2.27. The van der Waals surface area contributed by atoms with Gasteiger partial charge >= 0.3 is 6.18 Å². The lowest BCUT2D eigenvalue weighted by atomic mass is 10.0. The number of rotatable bonds is 3. The SMILES string of the molecule is CN(CCC(F)(F)F)c1cc2c(cc1N)CCC(=O)N2. The number of hydrogen-bond acceptors (Lipinski definition) is 3. The van der Waals surface area contributed by atoms with Crippen LogP contribution in [0.1, 0.15) is 18.4 Å². The number of benzene rings is 1. The zero-order valence-electron chi connectivity index (χ0n) is 11.0. The standard InChI is InChI=1S/C13H16F3N3O/c1-19(5-4-13(14,15)16)11-7-10-8(6-9(11)17)2-3-12(20)18-10/h6-7H,2-5,17H2,1H3,(H,18,20). The summed E-state index contributed by atoms with van der Waals surface area (Å²) in [6.45, 7) is -0.180. The second-order valence-corrected chi connectivity index (χ2v) is 4.90. The number of fused-ring (bicyclic) bond motifs is 1. The summed E-state index contributed by atoms with van der Waals surface area (Å²) < 4.78 is 36.7. The molecule has 2 rings (SSSR count). The molecule has 7 heteroatoms. The van der Waals surface area contributed by atoms with Gasteiger partial charge in [-0.3, -0.25) is 4.79 Å². The van der Waals surface area contributed by atoms with E-state index in [-0.39, 0.29) is 12.5 Å². The third-order valence-electron chi connectivity index (χ3n) is 3.29. The Morgan fingerprint density at radius 2 is 2.05 bits per heavy atom. The minimum absolute atomic E-state index is 0.0915. The highest BCUT2D eigenvalue weighted by Crippen LogP contribution is 2.33. The van der Waals surface area contributed by atoms with E-state index in [9.17, 15) is 18.0 Å². The molecule has 0 bridgehead atoms. The van der Waals surface area contributed by atoms with Crippen molar-refractivity contribution in [3.63, 3.8) is 0 Å². The zero-order chi connectivity index (χ0) is 14.9. The average Bonchev–Trinajstić information content (AvgIpc) is 2.35. The van der Waals surface area contributed by atoms with Crippen LogP contribution < -0.4 is 16.0 Å². The first-order chi connectivity index (χ1) is 9.26. The molecule has 0 aromatic heterocycles. The van der Waals surface area contributed by atoms with Crippen molar-refractivity contribution in [2.75, 3.05) is 29.5 Å². The van der Waals surface area contributed by atoms with Gasteiger partial charge in [-0.2, -0.15) is 13.2 Å². The number of nitrogens with zero attached hydrogens (tertiary/aromatic N) is 1. The van der Waals surface area contributed by atoms with Gasteiger partial charge in [-0.1, -0.05) is 0 Å². The molecule has 0 aliphatic carbocycles. The van der Waals surface area contributed by atoms with E-state index in [4.69, 9.17) is 5.73 Å². The van der Waals surface area contributed by atoms with Crippen molar-refractivity contribution in [1.82, 2.24) is 0 Å². The van der Waals surface area contributed by atoms with E-state index in [1.807, 2.05) is 0 Å². The molecule has 0 saturated carbocycles. The van der Waals surface area contributed by atoms with Gasteiger partial charge < -0.3 is 16.0 Å². The van der Waals surface area contributed by atoms with Crippen molar-refractivity contribution in [2.24, 2.45) is 0 Å². The van der Waals surface area contributed by atoms with E-state index in [1.54, 1.807) is 19.2 Å². The van der Waals surface area contributed by atoms with Crippen LogP contribution in [0.5, 0.6) is 0 Å². The molecule has 0 unspecified atom stereocenters. The molecule has 0 atom stereocenters. The van der Waals surface area contributed by atoms with Gasteiger partial charge in [0.15, 0.2) is 0 Å². The average molecular weight is 287 g/mol. The molecule has 1 aromatic rings. The van der Waals surface area contributed by atoms with Crippen molar-refractivity contribution in [2.45, 2.75) is 25.4 Å². The molecule has 0 spiro atoms. The summed E-state index contributed by atoms with van der Waals surface area (Å²) >= 11 is 0. The molecule has 0 saturated heterocycles. The normalized spacial score (nSPS) is 14.7. The molecular weight excluding hydrogens is 271 g/mol. The maximum atomic E-state index is 12.2. The van der Waals surface area contributed by atoms with Gasteiger partial charge in [0.2, 0.25) is 5.91 Å². The van der Waals surface area contributed by atoms with Gasteiger partial charge in [-0.05, 0) is 24.1 Å². The number of carbonyl (C=O) groups excluding carboxylic acids is 1. The Labute approximate surface area is 114 Å². The lowest BCUT2D eigenvalue weighted by Crippen LogP contribution is -2.26. The van der Waals surface area contributed by atoms with E-state index in [0.717, 1.165) is 5.56 Å². The van der Waals surface area contributed by atoms with Gasteiger partial charge in [0.25, 0.3) is 0 Å². The fourth-order valence-electron chi connectivity index (χ4n) is 2.18. The summed E-state index contributed by atoms with van der Waals surface area (Å²) in [5.74, 6) is -0.0915.